The van der Waals surface area contributed by atoms with Gasteiger partial charge in [-0.05, 0) is 42.2 Å². The summed E-state index contributed by atoms with van der Waals surface area (Å²) < 4.78 is 39.2. The molecule has 1 fully saturated rings. The van der Waals surface area contributed by atoms with Gasteiger partial charge in [-0.25, -0.2) is 9.69 Å². The molecular weight excluding hydrogens is 383 g/mol. The number of fused-ring (bicyclic) bond motifs is 1. The zero-order valence-corrected chi connectivity index (χ0v) is 15.8. The number of hydrogen-bond donors (Lipinski definition) is 1. The summed E-state index contributed by atoms with van der Waals surface area (Å²) in [4.78, 5) is 28.6. The molecule has 2 aliphatic rings. The second kappa shape index (κ2) is 6.88. The SMILES string of the molecule is C[C@]1(c2cccc(C(F)(F)F)c2)NC(=O)N(CN2CCc3ccccc3C2)C1=O. The van der Waals surface area contributed by atoms with Gasteiger partial charge in [0.15, 0.2) is 0 Å². The Hall–Kier alpha value is -2.87. The molecule has 2 aliphatic heterocycles. The highest BCUT2D eigenvalue weighted by molar-refractivity contribution is 6.07. The Bertz CT molecular complexity index is 976. The predicted octanol–water partition coefficient (Wildman–Crippen LogP) is 3.49. The van der Waals surface area contributed by atoms with E-state index in [2.05, 4.69) is 11.4 Å². The second-order valence-corrected chi connectivity index (χ2v) is 7.58. The van der Waals surface area contributed by atoms with Crippen LogP contribution in [0.2, 0.25) is 0 Å². The lowest BCUT2D eigenvalue weighted by atomic mass is 9.90. The maximum atomic E-state index is 13.1. The van der Waals surface area contributed by atoms with Gasteiger partial charge in [0.05, 0.1) is 12.2 Å². The van der Waals surface area contributed by atoms with Gasteiger partial charge >= 0.3 is 12.2 Å². The van der Waals surface area contributed by atoms with E-state index in [1.807, 2.05) is 23.1 Å². The zero-order chi connectivity index (χ0) is 20.8. The molecule has 0 bridgehead atoms. The molecule has 8 heteroatoms. The van der Waals surface area contributed by atoms with Gasteiger partial charge in [0.2, 0.25) is 0 Å². The quantitative estimate of drug-likeness (QED) is 0.799. The van der Waals surface area contributed by atoms with Crippen LogP contribution in [0.15, 0.2) is 48.5 Å². The number of amides is 3. The van der Waals surface area contributed by atoms with Crippen LogP contribution in [0.1, 0.15) is 29.2 Å². The average Bonchev–Trinajstić information content (AvgIpc) is 2.91. The van der Waals surface area contributed by atoms with Crippen LogP contribution >= 0.6 is 0 Å². The lowest BCUT2D eigenvalue weighted by molar-refractivity contribution is -0.138. The van der Waals surface area contributed by atoms with E-state index in [4.69, 9.17) is 0 Å². The molecule has 29 heavy (non-hydrogen) atoms. The summed E-state index contributed by atoms with van der Waals surface area (Å²) in [5, 5.41) is 2.58. The monoisotopic (exact) mass is 403 g/mol. The van der Waals surface area contributed by atoms with Gasteiger partial charge in [-0.3, -0.25) is 9.69 Å². The largest absolute Gasteiger partial charge is 0.416 e. The summed E-state index contributed by atoms with van der Waals surface area (Å²) in [5.74, 6) is -0.555. The molecule has 5 nitrogen and oxygen atoms in total. The molecule has 1 N–H and O–H groups in total. The average molecular weight is 403 g/mol. The molecule has 2 aromatic carbocycles. The molecule has 2 heterocycles. The normalized spacial score (nSPS) is 22.6. The van der Waals surface area contributed by atoms with Gasteiger partial charge in [-0.15, -0.1) is 0 Å². The van der Waals surface area contributed by atoms with Crippen molar-refractivity contribution in [1.82, 2.24) is 15.1 Å². The standard InChI is InChI=1S/C21H20F3N3O2/c1-20(16-7-4-8-17(11-16)21(22,23)24)18(28)27(19(29)25-20)13-26-10-9-14-5-2-3-6-15(14)12-26/h2-8,11H,9-10,12-13H2,1H3,(H,25,29)/t20-/m1/s1. The second-order valence-electron chi connectivity index (χ2n) is 7.58. The van der Waals surface area contributed by atoms with Gasteiger partial charge in [0.25, 0.3) is 5.91 Å². The van der Waals surface area contributed by atoms with Crippen LogP contribution in [-0.2, 0) is 29.5 Å². The molecule has 1 atom stereocenters. The summed E-state index contributed by atoms with van der Waals surface area (Å²) in [5.41, 5.74) is 0.106. The van der Waals surface area contributed by atoms with Crippen molar-refractivity contribution < 1.29 is 22.8 Å². The molecule has 0 aliphatic carbocycles. The topological polar surface area (TPSA) is 52.7 Å². The number of urea groups is 1. The Labute approximate surface area is 166 Å². The minimum absolute atomic E-state index is 0.0908. The van der Waals surface area contributed by atoms with Crippen molar-refractivity contribution in [2.45, 2.75) is 31.6 Å². The van der Waals surface area contributed by atoms with Crippen LogP contribution in [-0.4, -0.2) is 35.0 Å². The van der Waals surface area contributed by atoms with Crippen molar-refractivity contribution in [3.05, 3.63) is 70.8 Å². The van der Waals surface area contributed by atoms with Gasteiger partial charge < -0.3 is 5.32 Å². The third-order valence-corrected chi connectivity index (χ3v) is 5.59. The fraction of sp³-hybridized carbons (Fsp3) is 0.333. The third kappa shape index (κ3) is 3.48. The van der Waals surface area contributed by atoms with Gasteiger partial charge in [-0.2, -0.15) is 13.2 Å². The summed E-state index contributed by atoms with van der Waals surface area (Å²) in [7, 11) is 0. The third-order valence-electron chi connectivity index (χ3n) is 5.59. The van der Waals surface area contributed by atoms with Crippen LogP contribution < -0.4 is 5.32 Å². The van der Waals surface area contributed by atoms with Crippen molar-refractivity contribution in [2.75, 3.05) is 13.2 Å². The Morgan fingerprint density at radius 1 is 1.07 bits per heavy atom. The van der Waals surface area contributed by atoms with E-state index in [-0.39, 0.29) is 12.2 Å². The number of carbonyl (C=O) groups excluding carboxylic acids is 2. The molecule has 0 aromatic heterocycles. The molecule has 0 unspecified atom stereocenters. The van der Waals surface area contributed by atoms with Crippen LogP contribution in [0.3, 0.4) is 0 Å². The fourth-order valence-electron chi connectivity index (χ4n) is 3.90. The number of carbonyl (C=O) groups is 2. The first-order valence-electron chi connectivity index (χ1n) is 9.29. The van der Waals surface area contributed by atoms with Crippen molar-refractivity contribution in [1.29, 1.82) is 0 Å². The van der Waals surface area contributed by atoms with Crippen molar-refractivity contribution >= 4 is 11.9 Å². The minimum atomic E-state index is -4.53. The molecule has 3 amide bonds. The lowest BCUT2D eigenvalue weighted by Gasteiger charge is -2.31. The summed E-state index contributed by atoms with van der Waals surface area (Å²) in [6, 6.07) is 11.9. The van der Waals surface area contributed by atoms with E-state index in [0.717, 1.165) is 29.0 Å². The molecular formula is C21H20F3N3O2. The predicted molar refractivity (Wildman–Crippen MR) is 99.6 cm³/mol. The number of imide groups is 1. The highest BCUT2D eigenvalue weighted by atomic mass is 19.4. The molecule has 4 rings (SSSR count). The molecule has 0 spiro atoms. The van der Waals surface area contributed by atoms with Gasteiger partial charge in [-0.1, -0.05) is 36.4 Å². The smallest absolute Gasteiger partial charge is 0.319 e. The molecule has 152 valence electrons. The molecule has 0 radical (unpaired) electrons. The van der Waals surface area contributed by atoms with Gasteiger partial charge in [0, 0.05) is 13.1 Å². The van der Waals surface area contributed by atoms with E-state index < -0.39 is 29.2 Å². The minimum Gasteiger partial charge on any atom is -0.319 e. The molecule has 0 saturated carbocycles. The number of hydrogen-bond acceptors (Lipinski definition) is 3. The van der Waals surface area contributed by atoms with E-state index in [1.165, 1.54) is 24.6 Å². The van der Waals surface area contributed by atoms with E-state index in [9.17, 15) is 22.8 Å². The highest BCUT2D eigenvalue weighted by Gasteiger charge is 2.50. The Morgan fingerprint density at radius 2 is 1.79 bits per heavy atom. The zero-order valence-electron chi connectivity index (χ0n) is 15.8. The number of nitrogens with one attached hydrogen (secondary N) is 1. The molecule has 2 aromatic rings. The van der Waals surface area contributed by atoms with E-state index in [1.54, 1.807) is 0 Å². The highest BCUT2D eigenvalue weighted by Crippen LogP contribution is 2.34. The van der Waals surface area contributed by atoms with Crippen molar-refractivity contribution in [3.63, 3.8) is 0 Å². The van der Waals surface area contributed by atoms with Crippen molar-refractivity contribution in [3.8, 4) is 0 Å². The maximum absolute atomic E-state index is 13.1. The number of nitrogens with zero attached hydrogens (tertiary/aromatic N) is 2. The first kappa shape index (κ1) is 19.4. The number of rotatable bonds is 3. The fourth-order valence-corrected chi connectivity index (χ4v) is 3.90. The van der Waals surface area contributed by atoms with Gasteiger partial charge in [0.1, 0.15) is 5.54 Å². The van der Waals surface area contributed by atoms with Crippen LogP contribution in [0.25, 0.3) is 0 Å². The first-order valence-corrected chi connectivity index (χ1v) is 9.29. The Balaban J connectivity index is 1.55. The van der Waals surface area contributed by atoms with E-state index in [0.29, 0.717) is 13.1 Å². The first-order chi connectivity index (χ1) is 13.7. The summed E-state index contributed by atoms with van der Waals surface area (Å²) in [6.07, 6.45) is -3.72. The van der Waals surface area contributed by atoms with Crippen LogP contribution in [0, 0.1) is 0 Å². The lowest BCUT2D eigenvalue weighted by Crippen LogP contribution is -2.45. The number of halogens is 3. The van der Waals surface area contributed by atoms with Crippen molar-refractivity contribution in [2.24, 2.45) is 0 Å². The number of benzene rings is 2. The molecule has 1 saturated heterocycles. The van der Waals surface area contributed by atoms with E-state index >= 15 is 0 Å². The van der Waals surface area contributed by atoms with Crippen LogP contribution in [0.5, 0.6) is 0 Å². The van der Waals surface area contributed by atoms with Crippen LogP contribution in [0.4, 0.5) is 18.0 Å². The Kier molecular flexibility index (Phi) is 4.61. The number of alkyl halides is 3. The summed E-state index contributed by atoms with van der Waals surface area (Å²) >= 11 is 0. The maximum Gasteiger partial charge on any atom is 0.416 e. The Morgan fingerprint density at radius 3 is 2.52 bits per heavy atom. The summed E-state index contributed by atoms with van der Waals surface area (Å²) in [6.45, 7) is 2.82.